The first kappa shape index (κ1) is 29.2. The number of nitrogens with zero attached hydrogens (tertiary/aromatic N) is 2. The van der Waals surface area contributed by atoms with Gasteiger partial charge in [0.2, 0.25) is 5.91 Å². The second-order valence-corrected chi connectivity index (χ2v) is 13.2. The van der Waals surface area contributed by atoms with E-state index >= 15 is 0 Å². The third-order valence-corrected chi connectivity index (χ3v) is 10.3. The number of nitrogens with one attached hydrogen (secondary N) is 2. The molecule has 6 heterocycles. The second-order valence-electron chi connectivity index (χ2n) is 13.2. The molecule has 1 fully saturated rings. The lowest BCUT2D eigenvalue weighted by Crippen LogP contribution is -2.44. The molecule has 10 rings (SSSR count). The number of benzene rings is 4. The maximum atomic E-state index is 13.6. The molecule has 2 N–H and O–H groups in total. The Bertz CT molecular complexity index is 2670. The van der Waals surface area contributed by atoms with E-state index in [1.54, 1.807) is 0 Å². The van der Waals surface area contributed by atoms with E-state index in [1.165, 1.54) is 0 Å². The van der Waals surface area contributed by atoms with Crippen molar-refractivity contribution in [3.05, 3.63) is 169 Å². The van der Waals surface area contributed by atoms with Gasteiger partial charge in [0, 0.05) is 44.3 Å². The molecule has 3 aliphatic rings. The van der Waals surface area contributed by atoms with Gasteiger partial charge in [-0.25, -0.2) is 4.98 Å². The number of hydrogen-bond acceptors (Lipinski definition) is 2. The number of aromatic nitrogens is 3. The highest BCUT2D eigenvalue weighted by Crippen LogP contribution is 2.52. The molecular formula is C46H32N4O. The summed E-state index contributed by atoms with van der Waals surface area (Å²) in [6, 6.07) is 52.6. The summed E-state index contributed by atoms with van der Waals surface area (Å²) < 4.78 is 0. The quantitative estimate of drug-likeness (QED) is 0.185. The molecule has 8 bridgehead atoms. The topological polar surface area (TPSA) is 64.8 Å². The molecule has 0 spiro atoms. The van der Waals surface area contributed by atoms with Crippen molar-refractivity contribution in [1.29, 1.82) is 0 Å². The van der Waals surface area contributed by atoms with Crippen molar-refractivity contribution in [3.8, 4) is 44.5 Å². The summed E-state index contributed by atoms with van der Waals surface area (Å²) in [6.07, 6.45) is 4.71. The van der Waals surface area contributed by atoms with Crippen LogP contribution in [-0.4, -0.2) is 20.9 Å². The van der Waals surface area contributed by atoms with Crippen LogP contribution in [0.1, 0.15) is 29.4 Å². The van der Waals surface area contributed by atoms with E-state index in [0.717, 1.165) is 89.2 Å². The Hall–Kier alpha value is -6.72. The molecule has 1 amide bonds. The summed E-state index contributed by atoms with van der Waals surface area (Å²) in [7, 11) is 0. The molecule has 1 atom stereocenters. The molecule has 3 aliphatic heterocycles. The number of hydrogen-bond donors (Lipinski definition) is 2. The predicted octanol–water partition coefficient (Wildman–Crippen LogP) is 11.2. The number of anilines is 1. The highest BCUT2D eigenvalue weighted by Gasteiger charge is 2.44. The van der Waals surface area contributed by atoms with Crippen LogP contribution in [0.15, 0.2) is 152 Å². The maximum absolute atomic E-state index is 13.6. The summed E-state index contributed by atoms with van der Waals surface area (Å²) in [5, 5.41) is 0. The van der Waals surface area contributed by atoms with Gasteiger partial charge >= 0.3 is 0 Å². The van der Waals surface area contributed by atoms with Gasteiger partial charge in [0.1, 0.15) is 0 Å². The van der Waals surface area contributed by atoms with Crippen LogP contribution in [0, 0.1) is 0 Å². The summed E-state index contributed by atoms with van der Waals surface area (Å²) >= 11 is 0. The third kappa shape index (κ3) is 4.77. The van der Waals surface area contributed by atoms with Gasteiger partial charge in [-0.3, -0.25) is 4.79 Å². The lowest BCUT2D eigenvalue weighted by atomic mass is 9.91. The number of amides is 1. The van der Waals surface area contributed by atoms with Crippen molar-refractivity contribution >= 4 is 45.8 Å². The van der Waals surface area contributed by atoms with Gasteiger partial charge in [-0.2, -0.15) is 0 Å². The Labute approximate surface area is 295 Å². The number of aromatic amines is 2. The minimum Gasteiger partial charge on any atom is -0.354 e. The average Bonchev–Trinajstić information content (AvgIpc) is 3.99. The van der Waals surface area contributed by atoms with Crippen LogP contribution in [0.4, 0.5) is 5.69 Å². The summed E-state index contributed by atoms with van der Waals surface area (Å²) in [5.41, 5.74) is 16.1. The fourth-order valence-corrected chi connectivity index (χ4v) is 7.95. The van der Waals surface area contributed by atoms with Gasteiger partial charge < -0.3 is 14.9 Å². The van der Waals surface area contributed by atoms with Crippen LogP contribution in [0.25, 0.3) is 78.7 Å². The molecule has 3 aromatic heterocycles. The van der Waals surface area contributed by atoms with Crippen molar-refractivity contribution in [1.82, 2.24) is 15.0 Å². The molecule has 0 radical (unpaired) electrons. The molecule has 51 heavy (non-hydrogen) atoms. The van der Waals surface area contributed by atoms with E-state index < -0.39 is 0 Å². The van der Waals surface area contributed by atoms with Crippen LogP contribution < -0.4 is 4.90 Å². The second kappa shape index (κ2) is 11.7. The van der Waals surface area contributed by atoms with Crippen molar-refractivity contribution in [2.45, 2.75) is 12.5 Å². The molecule has 0 saturated carbocycles. The van der Waals surface area contributed by atoms with Gasteiger partial charge in [-0.05, 0) is 70.3 Å². The van der Waals surface area contributed by atoms with Crippen molar-refractivity contribution in [2.24, 2.45) is 0 Å². The highest BCUT2D eigenvalue weighted by atomic mass is 16.2. The van der Waals surface area contributed by atoms with Crippen molar-refractivity contribution in [2.75, 3.05) is 4.90 Å². The summed E-state index contributed by atoms with van der Waals surface area (Å²) in [4.78, 5) is 28.6. The van der Waals surface area contributed by atoms with Crippen LogP contribution in [0.5, 0.6) is 0 Å². The van der Waals surface area contributed by atoms with Crippen LogP contribution in [0.3, 0.4) is 0 Å². The first-order valence-electron chi connectivity index (χ1n) is 17.4. The molecular weight excluding hydrogens is 625 g/mol. The Morgan fingerprint density at radius 1 is 0.490 bits per heavy atom. The van der Waals surface area contributed by atoms with Gasteiger partial charge in [0.15, 0.2) is 0 Å². The number of fused-ring (bicyclic) bond motifs is 11. The fraction of sp³-hybridized carbons (Fsp3) is 0.0435. The number of carbonyl (C=O) groups excluding carboxylic acids is 1. The largest absolute Gasteiger partial charge is 0.354 e. The van der Waals surface area contributed by atoms with E-state index in [-0.39, 0.29) is 11.9 Å². The maximum Gasteiger partial charge on any atom is 0.230 e. The van der Waals surface area contributed by atoms with E-state index in [0.29, 0.717) is 6.42 Å². The van der Waals surface area contributed by atoms with Gasteiger partial charge in [0.05, 0.1) is 29.5 Å². The zero-order chi connectivity index (χ0) is 33.9. The van der Waals surface area contributed by atoms with Crippen LogP contribution in [-0.2, 0) is 4.79 Å². The van der Waals surface area contributed by atoms with Crippen LogP contribution in [0.2, 0.25) is 0 Å². The smallest absolute Gasteiger partial charge is 0.230 e. The fourth-order valence-electron chi connectivity index (χ4n) is 7.95. The Kier molecular flexibility index (Phi) is 6.71. The molecule has 5 heteroatoms. The SMILES string of the molecule is O=C1CC2c3cc(c(-c4ccccc4)c4ccc([nH]4)c(-c4ccccc4)c4nc(c(-c5ccccc5)c5ccc([nH]5)c3-c3ccccc3)C=C4)N12. The van der Waals surface area contributed by atoms with E-state index in [1.807, 2.05) is 29.2 Å². The lowest BCUT2D eigenvalue weighted by molar-refractivity contribution is -0.124. The average molecular weight is 657 g/mol. The Morgan fingerprint density at radius 2 is 0.882 bits per heavy atom. The number of carbonyl (C=O) groups is 1. The van der Waals surface area contributed by atoms with E-state index in [2.05, 4.69) is 150 Å². The minimum atomic E-state index is -0.0684. The standard InChI is InChI=1S/C46H32N4O/c51-42-28-40-33-27-41(50(40)42)46(32-19-11-4-12-20-32)39-26-25-38(49-39)45(31-17-9-3-10-18-31)37-24-23-36(48-37)44(30-15-7-2-8-16-30)35-22-21-34(47-35)43(33)29-13-5-1-6-14-29/h1-27,40,47,49H,28H2. The summed E-state index contributed by atoms with van der Waals surface area (Å²) in [6.45, 7) is 0. The zero-order valence-electron chi connectivity index (χ0n) is 27.7. The third-order valence-electron chi connectivity index (χ3n) is 10.3. The molecule has 0 aliphatic carbocycles. The molecule has 1 unspecified atom stereocenters. The normalized spacial score (nSPS) is 14.7. The van der Waals surface area contributed by atoms with E-state index in [4.69, 9.17) is 4.98 Å². The number of H-pyrrole nitrogens is 2. The number of β-lactam (4-membered cyclic amide) rings is 1. The summed E-state index contributed by atoms with van der Waals surface area (Å²) in [5.74, 6) is 0.128. The van der Waals surface area contributed by atoms with Crippen molar-refractivity contribution < 1.29 is 4.79 Å². The monoisotopic (exact) mass is 656 g/mol. The van der Waals surface area contributed by atoms with Crippen LogP contribution >= 0.6 is 0 Å². The van der Waals surface area contributed by atoms with E-state index in [9.17, 15) is 4.79 Å². The Morgan fingerprint density at radius 3 is 1.33 bits per heavy atom. The first-order chi connectivity index (χ1) is 25.2. The van der Waals surface area contributed by atoms with Gasteiger partial charge in [0.25, 0.3) is 0 Å². The highest BCUT2D eigenvalue weighted by molar-refractivity contribution is 6.10. The molecule has 242 valence electrons. The van der Waals surface area contributed by atoms with Gasteiger partial charge in [-0.1, -0.05) is 121 Å². The zero-order valence-corrected chi connectivity index (χ0v) is 27.7. The van der Waals surface area contributed by atoms with Crippen molar-refractivity contribution in [3.63, 3.8) is 0 Å². The number of rotatable bonds is 4. The first-order valence-corrected chi connectivity index (χ1v) is 17.4. The molecule has 7 aromatic rings. The van der Waals surface area contributed by atoms with Gasteiger partial charge in [-0.15, -0.1) is 0 Å². The Balaban J connectivity index is 1.42. The molecule has 5 nitrogen and oxygen atoms in total. The molecule has 1 saturated heterocycles. The molecule has 4 aromatic carbocycles. The minimum absolute atomic E-state index is 0.0684. The predicted molar refractivity (Wildman–Crippen MR) is 209 cm³/mol. The lowest BCUT2D eigenvalue weighted by Gasteiger charge is -2.37.